The summed E-state index contributed by atoms with van der Waals surface area (Å²) in [6.07, 6.45) is 0. The van der Waals surface area contributed by atoms with Crippen molar-refractivity contribution in [2.24, 2.45) is 0 Å². The molecule has 1 aromatic carbocycles. The molecule has 0 saturated carbocycles. The molecule has 3 nitrogen and oxygen atoms in total. The van der Waals surface area contributed by atoms with Crippen molar-refractivity contribution >= 4 is 29.1 Å². The molecule has 2 rings (SSSR count). The van der Waals surface area contributed by atoms with Gasteiger partial charge in [0.25, 0.3) is 0 Å². The highest BCUT2D eigenvalue weighted by Gasteiger charge is 2.17. The number of carbonyl (C=O) groups excluding carboxylic acids is 1. The number of hydrogen-bond donors (Lipinski definition) is 0. The molecule has 2 aromatic rings. The number of Topliss-reactive ketones (excluding diaryl/α,β-unsaturated/α-hetero) is 1. The molecule has 0 unspecified atom stereocenters. The van der Waals surface area contributed by atoms with E-state index in [2.05, 4.69) is 9.36 Å². The third-order valence-corrected chi connectivity index (χ3v) is 4.00. The topological polar surface area (TPSA) is 42.9 Å². The van der Waals surface area contributed by atoms with Crippen LogP contribution in [0, 0.1) is 18.6 Å². The van der Waals surface area contributed by atoms with Crippen molar-refractivity contribution in [2.75, 3.05) is 5.75 Å². The summed E-state index contributed by atoms with van der Waals surface area (Å²) in [5.41, 5.74) is -0.494. The molecule has 0 spiro atoms. The fraction of sp³-hybridized carbons (Fsp3) is 0.182. The number of aryl methyl sites for hydroxylation is 1. The van der Waals surface area contributed by atoms with E-state index in [4.69, 9.17) is 0 Å². The van der Waals surface area contributed by atoms with Gasteiger partial charge in [-0.2, -0.15) is 4.37 Å². The van der Waals surface area contributed by atoms with Crippen LogP contribution in [0.5, 0.6) is 0 Å². The lowest BCUT2D eigenvalue weighted by atomic mass is 10.1. The maximum atomic E-state index is 13.3. The van der Waals surface area contributed by atoms with E-state index in [0.717, 1.165) is 35.4 Å². The van der Waals surface area contributed by atoms with Gasteiger partial charge in [-0.3, -0.25) is 4.79 Å². The first-order valence-electron chi connectivity index (χ1n) is 4.98. The Labute approximate surface area is 110 Å². The summed E-state index contributed by atoms with van der Waals surface area (Å²) in [6.45, 7) is 1.74. The molecule has 0 aliphatic carbocycles. The number of halogens is 2. The Morgan fingerprint density at radius 2 is 2.06 bits per heavy atom. The Balaban J connectivity index is 2.08. The van der Waals surface area contributed by atoms with Crippen molar-refractivity contribution in [3.05, 3.63) is 41.2 Å². The van der Waals surface area contributed by atoms with E-state index in [-0.39, 0.29) is 5.75 Å². The minimum absolute atomic E-state index is 0.0630. The lowest BCUT2D eigenvalue weighted by Gasteiger charge is -2.02. The van der Waals surface area contributed by atoms with Crippen LogP contribution in [0.25, 0.3) is 0 Å². The first kappa shape index (κ1) is 13.1. The molecule has 0 radical (unpaired) electrons. The van der Waals surface area contributed by atoms with Gasteiger partial charge < -0.3 is 0 Å². The van der Waals surface area contributed by atoms with Crippen molar-refractivity contribution in [3.8, 4) is 0 Å². The number of ketones is 1. The maximum Gasteiger partial charge on any atom is 0.179 e. The van der Waals surface area contributed by atoms with Gasteiger partial charge in [-0.25, -0.2) is 13.8 Å². The Morgan fingerprint density at radius 1 is 1.39 bits per heavy atom. The van der Waals surface area contributed by atoms with E-state index in [1.54, 1.807) is 6.92 Å². The summed E-state index contributed by atoms with van der Waals surface area (Å²) in [6, 6.07) is 3.36. The van der Waals surface area contributed by atoms with Crippen LogP contribution in [0.1, 0.15) is 16.2 Å². The zero-order valence-corrected chi connectivity index (χ0v) is 10.9. The maximum absolute atomic E-state index is 13.3. The monoisotopic (exact) mass is 286 g/mol. The van der Waals surface area contributed by atoms with Crippen LogP contribution in [-0.4, -0.2) is 20.9 Å². The second kappa shape index (κ2) is 5.53. The number of aromatic nitrogens is 2. The molecule has 1 aromatic heterocycles. The highest BCUT2D eigenvalue weighted by atomic mass is 32.2. The van der Waals surface area contributed by atoms with Gasteiger partial charge >= 0.3 is 0 Å². The average molecular weight is 286 g/mol. The second-order valence-electron chi connectivity index (χ2n) is 3.42. The van der Waals surface area contributed by atoms with Crippen molar-refractivity contribution in [1.29, 1.82) is 0 Å². The summed E-state index contributed by atoms with van der Waals surface area (Å²) < 4.78 is 31.2. The third-order valence-electron chi connectivity index (χ3n) is 2.08. The summed E-state index contributed by atoms with van der Waals surface area (Å²) in [5, 5.41) is 0. The van der Waals surface area contributed by atoms with Crippen molar-refractivity contribution in [1.82, 2.24) is 9.36 Å². The number of thioether (sulfide) groups is 1. The third kappa shape index (κ3) is 2.91. The molecule has 0 fully saturated rings. The molecule has 1 heterocycles. The van der Waals surface area contributed by atoms with Gasteiger partial charge in [0.05, 0.1) is 11.3 Å². The van der Waals surface area contributed by atoms with Gasteiger partial charge in [0.15, 0.2) is 10.1 Å². The van der Waals surface area contributed by atoms with Gasteiger partial charge in [0.1, 0.15) is 17.5 Å². The number of carbonyl (C=O) groups is 1. The number of nitrogens with zero attached hydrogens (tertiary/aromatic N) is 2. The summed E-state index contributed by atoms with van der Waals surface area (Å²) in [5.74, 6) is -1.72. The minimum atomic E-state index is -0.839. The molecule has 0 atom stereocenters. The molecule has 7 heteroatoms. The predicted molar refractivity (Wildman–Crippen MR) is 66.1 cm³/mol. The first-order valence-corrected chi connectivity index (χ1v) is 6.74. The van der Waals surface area contributed by atoms with Crippen LogP contribution in [0.2, 0.25) is 0 Å². The van der Waals surface area contributed by atoms with Crippen LogP contribution in [0.3, 0.4) is 0 Å². The summed E-state index contributed by atoms with van der Waals surface area (Å²) in [7, 11) is 0. The van der Waals surface area contributed by atoms with Crippen LogP contribution in [-0.2, 0) is 0 Å². The quantitative estimate of drug-likeness (QED) is 0.640. The molecule has 0 amide bonds. The molecular formula is C11H8F2N2OS2. The van der Waals surface area contributed by atoms with Crippen molar-refractivity contribution in [3.63, 3.8) is 0 Å². The summed E-state index contributed by atoms with van der Waals surface area (Å²) in [4.78, 5) is 15.8. The van der Waals surface area contributed by atoms with Gasteiger partial charge in [0.2, 0.25) is 0 Å². The highest BCUT2D eigenvalue weighted by molar-refractivity contribution is 8.01. The van der Waals surface area contributed by atoms with E-state index in [1.165, 1.54) is 6.07 Å². The molecule has 0 bridgehead atoms. The van der Waals surface area contributed by atoms with Gasteiger partial charge in [-0.1, -0.05) is 17.8 Å². The van der Waals surface area contributed by atoms with Crippen LogP contribution >= 0.6 is 23.3 Å². The van der Waals surface area contributed by atoms with Gasteiger partial charge in [0, 0.05) is 0 Å². The Morgan fingerprint density at radius 3 is 2.61 bits per heavy atom. The zero-order valence-electron chi connectivity index (χ0n) is 9.31. The largest absolute Gasteiger partial charge is 0.293 e. The highest BCUT2D eigenvalue weighted by Crippen LogP contribution is 2.22. The van der Waals surface area contributed by atoms with Gasteiger partial charge in [-0.05, 0) is 30.6 Å². The Kier molecular flexibility index (Phi) is 4.03. The predicted octanol–water partition coefficient (Wildman–Crippen LogP) is 3.10. The molecule has 94 valence electrons. The molecule has 0 aliphatic rings. The molecule has 0 aliphatic heterocycles. The van der Waals surface area contributed by atoms with Gasteiger partial charge in [-0.15, -0.1) is 0 Å². The fourth-order valence-electron chi connectivity index (χ4n) is 1.30. The molecular weight excluding hydrogens is 278 g/mol. The van der Waals surface area contributed by atoms with Crippen LogP contribution in [0.15, 0.2) is 22.5 Å². The summed E-state index contributed by atoms with van der Waals surface area (Å²) >= 11 is 2.28. The first-order chi connectivity index (χ1) is 8.58. The van der Waals surface area contributed by atoms with E-state index in [1.807, 2.05) is 0 Å². The van der Waals surface area contributed by atoms with E-state index in [0.29, 0.717) is 10.2 Å². The normalized spacial score (nSPS) is 10.6. The Hall–Kier alpha value is -1.34. The molecule has 0 saturated heterocycles. The van der Waals surface area contributed by atoms with Crippen molar-refractivity contribution < 1.29 is 13.6 Å². The second-order valence-corrected chi connectivity index (χ2v) is 5.39. The van der Waals surface area contributed by atoms with E-state index >= 15 is 0 Å². The number of benzene rings is 1. The number of hydrogen-bond acceptors (Lipinski definition) is 5. The average Bonchev–Trinajstić information content (AvgIpc) is 2.72. The van der Waals surface area contributed by atoms with Crippen LogP contribution < -0.4 is 0 Å². The zero-order chi connectivity index (χ0) is 13.1. The molecule has 0 N–H and O–H groups in total. The molecule has 18 heavy (non-hydrogen) atoms. The van der Waals surface area contributed by atoms with Crippen molar-refractivity contribution in [2.45, 2.75) is 11.3 Å². The van der Waals surface area contributed by atoms with Crippen LogP contribution in [0.4, 0.5) is 8.78 Å². The minimum Gasteiger partial charge on any atom is -0.293 e. The lowest BCUT2D eigenvalue weighted by molar-refractivity contribution is 0.101. The van der Waals surface area contributed by atoms with E-state index in [9.17, 15) is 13.6 Å². The van der Waals surface area contributed by atoms with E-state index < -0.39 is 23.0 Å². The number of rotatable bonds is 4. The standard InChI is InChI=1S/C11H8F2N2OS2/c1-6-14-11(18-15-6)17-5-9(16)10-7(12)3-2-4-8(10)13/h2-4H,5H2,1H3. The SMILES string of the molecule is Cc1nsc(SCC(=O)c2c(F)cccc2F)n1. The lowest BCUT2D eigenvalue weighted by Crippen LogP contribution is -2.08. The Bertz CT molecular complexity index is 566. The fourth-order valence-corrected chi connectivity index (χ4v) is 2.82. The smallest absolute Gasteiger partial charge is 0.179 e.